The molecule has 1 aliphatic rings. The molecule has 2 unspecified atom stereocenters. The van der Waals surface area contributed by atoms with Gasteiger partial charge in [-0.2, -0.15) is 0 Å². The minimum absolute atomic E-state index is 0.0218. The van der Waals surface area contributed by atoms with Crippen LogP contribution < -0.4 is 20.9 Å². The van der Waals surface area contributed by atoms with Gasteiger partial charge in [0.25, 0.3) is 0 Å². The second-order valence-corrected chi connectivity index (χ2v) is 10.7. The van der Waals surface area contributed by atoms with Crippen molar-refractivity contribution >= 4 is 23.5 Å². The Morgan fingerprint density at radius 3 is 1.39 bits per heavy atom. The maximum Gasteiger partial charge on any atom is 0.312 e. The molecule has 0 bridgehead atoms. The number of nitrogens with one attached hydrogen (secondary N) is 2. The Bertz CT molecular complexity index is 1130. The summed E-state index contributed by atoms with van der Waals surface area (Å²) in [5.74, 6) is -0.0220. The number of nitrogens with two attached hydrogens (primary N) is 2. The average molecular weight is 611 g/mol. The topological polar surface area (TPSA) is 177 Å². The Hall–Kier alpha value is -4.16. The second-order valence-electron chi connectivity index (χ2n) is 10.7. The Morgan fingerprint density at radius 1 is 0.705 bits per heavy atom. The molecular weight excluding hydrogens is 564 g/mol. The van der Waals surface area contributed by atoms with Crippen LogP contribution >= 0.6 is 0 Å². The number of benzene rings is 2. The van der Waals surface area contributed by atoms with Crippen LogP contribution in [0.3, 0.4) is 0 Å². The number of nitrogen functional groups attached to an aromatic ring is 2. The zero-order valence-electron chi connectivity index (χ0n) is 25.8. The van der Waals surface area contributed by atoms with Crippen molar-refractivity contribution in [2.24, 2.45) is 11.5 Å². The molecule has 2 aromatic rings. The van der Waals surface area contributed by atoms with Gasteiger partial charge in [-0.1, -0.05) is 26.7 Å². The van der Waals surface area contributed by atoms with E-state index >= 15 is 0 Å². The Morgan fingerprint density at radius 2 is 1.07 bits per heavy atom. The Balaban J connectivity index is 1.58. The summed E-state index contributed by atoms with van der Waals surface area (Å²) in [6.45, 7) is 6.75. The third-order valence-electron chi connectivity index (χ3n) is 7.15. The molecule has 12 nitrogen and oxygen atoms in total. The number of hydrogen-bond donors (Lipinski definition) is 4. The fourth-order valence-electron chi connectivity index (χ4n) is 4.49. The van der Waals surface area contributed by atoms with Gasteiger partial charge in [0, 0.05) is 37.4 Å². The van der Waals surface area contributed by atoms with Crippen molar-refractivity contribution in [2.75, 3.05) is 52.6 Å². The normalized spacial score (nSPS) is 14.8. The zero-order chi connectivity index (χ0) is 31.9. The quantitative estimate of drug-likeness (QED) is 0.0765. The highest BCUT2D eigenvalue weighted by Crippen LogP contribution is 2.16. The Labute approximate surface area is 259 Å². The number of nitrogens with zero attached hydrogens (tertiary/aromatic N) is 2. The van der Waals surface area contributed by atoms with Gasteiger partial charge in [0.1, 0.15) is 48.6 Å². The summed E-state index contributed by atoms with van der Waals surface area (Å²) in [4.78, 5) is 29.4. The van der Waals surface area contributed by atoms with E-state index in [4.69, 9.17) is 41.2 Å². The molecule has 3 rings (SSSR count). The number of unbranched alkanes of at least 4 members (excludes halogenated alkanes) is 2. The first kappa shape index (κ1) is 34.3. The third kappa shape index (κ3) is 10.8. The average Bonchev–Trinajstić information content (AvgIpc) is 3.02. The summed E-state index contributed by atoms with van der Waals surface area (Å²) in [5.41, 5.74) is 12.3. The molecule has 2 amide bonds. The molecular formula is C32H46N6O6. The van der Waals surface area contributed by atoms with Gasteiger partial charge in [-0.05, 0) is 61.4 Å². The number of amides is 2. The SMILES string of the molecule is CCCCOC(COc1ccc(C(=N)N)cc1)CN1CCN(CC(COc2ccc(C(=N)N)cc2)OCCCC)C(=O)C1=O. The smallest absolute Gasteiger partial charge is 0.312 e. The second kappa shape index (κ2) is 17.8. The van der Waals surface area contributed by atoms with Crippen LogP contribution in [0.4, 0.5) is 0 Å². The standard InChI is InChI=1S/C32H46N6O6/c1-3-5-17-41-27(21-43-25-11-7-23(8-12-25)29(33)34)19-37-15-16-38(32(40)31(37)39)20-28(42-18-6-4-2)22-44-26-13-9-24(10-14-26)30(35)36/h7-14,27-28H,3-6,15-22H2,1-2H3,(H3,33,34)(H3,35,36). The molecule has 2 aromatic carbocycles. The molecule has 240 valence electrons. The molecule has 44 heavy (non-hydrogen) atoms. The van der Waals surface area contributed by atoms with E-state index in [9.17, 15) is 9.59 Å². The van der Waals surface area contributed by atoms with E-state index in [1.54, 1.807) is 48.5 Å². The van der Waals surface area contributed by atoms with Gasteiger partial charge in [0.2, 0.25) is 0 Å². The highest BCUT2D eigenvalue weighted by atomic mass is 16.5. The number of hydrogen-bond acceptors (Lipinski definition) is 8. The largest absolute Gasteiger partial charge is 0.491 e. The first-order valence-corrected chi connectivity index (χ1v) is 15.2. The molecule has 0 aliphatic carbocycles. The van der Waals surface area contributed by atoms with Crippen LogP contribution in [0.25, 0.3) is 0 Å². The van der Waals surface area contributed by atoms with E-state index in [1.165, 1.54) is 9.80 Å². The van der Waals surface area contributed by atoms with Gasteiger partial charge < -0.3 is 40.2 Å². The minimum Gasteiger partial charge on any atom is -0.491 e. The van der Waals surface area contributed by atoms with Gasteiger partial charge in [-0.15, -0.1) is 0 Å². The van der Waals surface area contributed by atoms with Crippen LogP contribution in [0.1, 0.15) is 50.7 Å². The van der Waals surface area contributed by atoms with Crippen LogP contribution in [0, 0.1) is 10.8 Å². The summed E-state index contributed by atoms with van der Waals surface area (Å²) in [7, 11) is 0. The number of rotatable bonds is 20. The predicted octanol–water partition coefficient (Wildman–Crippen LogP) is 2.75. The maximum absolute atomic E-state index is 13.2. The summed E-state index contributed by atoms with van der Waals surface area (Å²) >= 11 is 0. The highest BCUT2D eigenvalue weighted by Gasteiger charge is 2.35. The van der Waals surface area contributed by atoms with E-state index in [-0.39, 0.29) is 38.0 Å². The fraction of sp³-hybridized carbons (Fsp3) is 0.500. The van der Waals surface area contributed by atoms with Crippen LogP contribution in [-0.4, -0.2) is 98.1 Å². The summed E-state index contributed by atoms with van der Waals surface area (Å²) in [6, 6.07) is 13.8. The maximum atomic E-state index is 13.2. The first-order chi connectivity index (χ1) is 21.2. The van der Waals surface area contributed by atoms with E-state index in [0.717, 1.165) is 25.7 Å². The van der Waals surface area contributed by atoms with Crippen LogP contribution in [0.2, 0.25) is 0 Å². The van der Waals surface area contributed by atoms with Crippen LogP contribution in [-0.2, 0) is 19.1 Å². The number of ether oxygens (including phenoxy) is 4. The van der Waals surface area contributed by atoms with E-state index < -0.39 is 24.0 Å². The minimum atomic E-state index is -0.584. The highest BCUT2D eigenvalue weighted by molar-refractivity contribution is 6.35. The van der Waals surface area contributed by atoms with Crippen molar-refractivity contribution in [1.29, 1.82) is 10.8 Å². The molecule has 1 saturated heterocycles. The molecule has 1 fully saturated rings. The molecule has 6 N–H and O–H groups in total. The summed E-state index contributed by atoms with van der Waals surface area (Å²) < 4.78 is 23.9. The number of carbonyl (C=O) groups excluding carboxylic acids is 2. The van der Waals surface area contributed by atoms with Crippen LogP contribution in [0.5, 0.6) is 11.5 Å². The number of piperazine rings is 1. The number of amidine groups is 2. The van der Waals surface area contributed by atoms with Gasteiger partial charge in [0.05, 0.1) is 13.1 Å². The van der Waals surface area contributed by atoms with Crippen LogP contribution in [0.15, 0.2) is 48.5 Å². The molecule has 0 saturated carbocycles. The van der Waals surface area contributed by atoms with Gasteiger partial charge >= 0.3 is 11.8 Å². The lowest BCUT2D eigenvalue weighted by molar-refractivity contribution is -0.159. The fourth-order valence-corrected chi connectivity index (χ4v) is 4.49. The zero-order valence-corrected chi connectivity index (χ0v) is 25.8. The molecule has 0 aromatic heterocycles. The van der Waals surface area contributed by atoms with E-state index in [2.05, 4.69) is 13.8 Å². The lowest BCUT2D eigenvalue weighted by atomic mass is 10.2. The molecule has 2 atom stereocenters. The van der Waals surface area contributed by atoms with Crippen molar-refractivity contribution in [3.8, 4) is 11.5 Å². The lowest BCUT2D eigenvalue weighted by Crippen LogP contribution is -2.58. The van der Waals surface area contributed by atoms with E-state index in [1.807, 2.05) is 0 Å². The van der Waals surface area contributed by atoms with Gasteiger partial charge in [0.15, 0.2) is 0 Å². The first-order valence-electron chi connectivity index (χ1n) is 15.2. The van der Waals surface area contributed by atoms with Crippen molar-refractivity contribution in [2.45, 2.75) is 51.7 Å². The van der Waals surface area contributed by atoms with Gasteiger partial charge in [-0.3, -0.25) is 20.4 Å². The Kier molecular flexibility index (Phi) is 13.9. The molecule has 1 aliphatic heterocycles. The van der Waals surface area contributed by atoms with E-state index in [0.29, 0.717) is 48.9 Å². The van der Waals surface area contributed by atoms with Crippen molar-refractivity contribution < 1.29 is 28.5 Å². The van der Waals surface area contributed by atoms with Crippen molar-refractivity contribution in [1.82, 2.24) is 9.80 Å². The molecule has 12 heteroatoms. The number of carbonyl (C=O) groups is 2. The third-order valence-corrected chi connectivity index (χ3v) is 7.15. The van der Waals surface area contributed by atoms with Gasteiger partial charge in [-0.25, -0.2) is 0 Å². The van der Waals surface area contributed by atoms with Crippen molar-refractivity contribution in [3.63, 3.8) is 0 Å². The lowest BCUT2D eigenvalue weighted by Gasteiger charge is -2.36. The molecule has 0 spiro atoms. The van der Waals surface area contributed by atoms with Crippen molar-refractivity contribution in [3.05, 3.63) is 59.7 Å². The summed E-state index contributed by atoms with van der Waals surface area (Å²) in [6.07, 6.45) is 2.81. The molecule has 0 radical (unpaired) electrons. The predicted molar refractivity (Wildman–Crippen MR) is 168 cm³/mol. The molecule has 1 heterocycles. The summed E-state index contributed by atoms with van der Waals surface area (Å²) in [5, 5.41) is 15.1. The monoisotopic (exact) mass is 610 g/mol.